The first-order valence-electron chi connectivity index (χ1n) is 6.25. The fraction of sp³-hybridized carbons (Fsp3) is 0.357. The van der Waals surface area contributed by atoms with Gasteiger partial charge in [-0.15, -0.1) is 0 Å². The van der Waals surface area contributed by atoms with Crippen LogP contribution in [-0.2, 0) is 13.1 Å². The molecule has 0 radical (unpaired) electrons. The molecule has 1 N–H and O–H groups in total. The average Bonchev–Trinajstić information content (AvgIpc) is 2.80. The molecule has 0 fully saturated rings. The Morgan fingerprint density at radius 1 is 1.37 bits per heavy atom. The highest BCUT2D eigenvalue weighted by molar-refractivity contribution is 6.30. The molecule has 0 bridgehead atoms. The molecule has 0 aliphatic heterocycles. The second-order valence-corrected chi connectivity index (χ2v) is 5.16. The highest BCUT2D eigenvalue weighted by Gasteiger charge is 2.07. The van der Waals surface area contributed by atoms with E-state index >= 15 is 0 Å². The maximum absolute atomic E-state index is 13.8. The minimum Gasteiger partial charge on any atom is -0.309 e. The Hall–Kier alpha value is -1.39. The van der Waals surface area contributed by atoms with Crippen molar-refractivity contribution in [2.45, 2.75) is 33.0 Å². The van der Waals surface area contributed by atoms with E-state index in [1.807, 2.05) is 12.3 Å². The molecule has 0 saturated heterocycles. The minimum atomic E-state index is -0.374. The van der Waals surface area contributed by atoms with Gasteiger partial charge in [0, 0.05) is 24.3 Å². The molecule has 3 nitrogen and oxygen atoms in total. The van der Waals surface area contributed by atoms with E-state index in [0.717, 1.165) is 5.69 Å². The molecule has 0 atom stereocenters. The molecule has 0 unspecified atom stereocenters. The molecule has 0 aliphatic rings. The van der Waals surface area contributed by atoms with Gasteiger partial charge < -0.3 is 5.32 Å². The van der Waals surface area contributed by atoms with Gasteiger partial charge in [0.2, 0.25) is 0 Å². The van der Waals surface area contributed by atoms with E-state index in [-0.39, 0.29) is 10.8 Å². The van der Waals surface area contributed by atoms with Gasteiger partial charge in [-0.05, 0) is 12.1 Å². The zero-order valence-electron chi connectivity index (χ0n) is 11.0. The van der Waals surface area contributed by atoms with Crippen LogP contribution in [0.25, 0.3) is 0 Å². The van der Waals surface area contributed by atoms with Gasteiger partial charge in [0.05, 0.1) is 17.3 Å². The first-order chi connectivity index (χ1) is 9.06. The van der Waals surface area contributed by atoms with E-state index in [1.165, 1.54) is 0 Å². The van der Waals surface area contributed by atoms with Gasteiger partial charge in [-0.25, -0.2) is 4.39 Å². The van der Waals surface area contributed by atoms with Gasteiger partial charge in [0.1, 0.15) is 5.82 Å². The Bertz CT molecular complexity index is 551. The lowest BCUT2D eigenvalue weighted by atomic mass is 10.2. The third-order valence-corrected chi connectivity index (χ3v) is 3.04. The van der Waals surface area contributed by atoms with E-state index in [4.69, 9.17) is 11.6 Å². The van der Waals surface area contributed by atoms with Gasteiger partial charge >= 0.3 is 0 Å². The zero-order chi connectivity index (χ0) is 13.8. The molecular formula is C14H17ClFN3. The Morgan fingerprint density at radius 2 is 2.16 bits per heavy atom. The first kappa shape index (κ1) is 14.0. The summed E-state index contributed by atoms with van der Waals surface area (Å²) in [6, 6.07) is 7.34. The third-order valence-electron chi connectivity index (χ3n) is 2.75. The molecule has 0 saturated carbocycles. The number of benzene rings is 1. The molecule has 0 amide bonds. The van der Waals surface area contributed by atoms with Gasteiger partial charge in [-0.3, -0.25) is 4.68 Å². The van der Waals surface area contributed by atoms with Gasteiger partial charge in [-0.1, -0.05) is 37.6 Å². The van der Waals surface area contributed by atoms with Gasteiger partial charge in [0.25, 0.3) is 0 Å². The summed E-state index contributed by atoms with van der Waals surface area (Å²) < 4.78 is 15.5. The molecule has 1 heterocycles. The average molecular weight is 282 g/mol. The van der Waals surface area contributed by atoms with E-state index in [2.05, 4.69) is 24.3 Å². The van der Waals surface area contributed by atoms with E-state index in [9.17, 15) is 4.39 Å². The maximum Gasteiger partial charge on any atom is 0.146 e. The molecule has 2 rings (SSSR count). The molecular weight excluding hydrogens is 265 g/mol. The quantitative estimate of drug-likeness (QED) is 0.912. The van der Waals surface area contributed by atoms with Crippen molar-refractivity contribution in [3.05, 3.63) is 52.6 Å². The number of hydrogen-bond donors (Lipinski definition) is 1. The van der Waals surface area contributed by atoms with Crippen LogP contribution in [0.2, 0.25) is 5.02 Å². The highest BCUT2D eigenvalue weighted by Crippen LogP contribution is 2.18. The number of aromatic nitrogens is 2. The fourth-order valence-corrected chi connectivity index (χ4v) is 1.93. The van der Waals surface area contributed by atoms with Crippen LogP contribution >= 0.6 is 11.6 Å². The summed E-state index contributed by atoms with van der Waals surface area (Å²) in [6.45, 7) is 5.26. The van der Waals surface area contributed by atoms with E-state index in [0.29, 0.717) is 24.7 Å². The molecule has 2 aromatic rings. The van der Waals surface area contributed by atoms with Crippen LogP contribution in [-0.4, -0.2) is 15.8 Å². The summed E-state index contributed by atoms with van der Waals surface area (Å²) in [5.74, 6) is -0.374. The lowest BCUT2D eigenvalue weighted by Gasteiger charge is -2.06. The number of nitrogens with one attached hydrogen (secondary N) is 1. The normalized spacial score (nSPS) is 11.2. The minimum absolute atomic E-state index is 0.145. The van der Waals surface area contributed by atoms with Crippen LogP contribution in [0.15, 0.2) is 30.5 Å². The van der Waals surface area contributed by atoms with Crippen molar-refractivity contribution in [3.8, 4) is 0 Å². The summed E-state index contributed by atoms with van der Waals surface area (Å²) in [6.07, 6.45) is 1.84. The van der Waals surface area contributed by atoms with Gasteiger partial charge in [0.15, 0.2) is 0 Å². The smallest absolute Gasteiger partial charge is 0.146 e. The summed E-state index contributed by atoms with van der Waals surface area (Å²) in [5.41, 5.74) is 1.48. The maximum atomic E-state index is 13.8. The topological polar surface area (TPSA) is 29.9 Å². The SMILES string of the molecule is CC(C)NCc1ccn(Cc2cccc(Cl)c2F)n1. The second-order valence-electron chi connectivity index (χ2n) is 4.75. The first-order valence-corrected chi connectivity index (χ1v) is 6.62. The van der Waals surface area contributed by atoms with Crippen LogP contribution in [0.1, 0.15) is 25.1 Å². The summed E-state index contributed by atoms with van der Waals surface area (Å²) in [5, 5.41) is 7.83. The molecule has 0 aliphatic carbocycles. The predicted octanol–water partition coefficient (Wildman–Crippen LogP) is 3.22. The largest absolute Gasteiger partial charge is 0.309 e. The van der Waals surface area contributed by atoms with Crippen LogP contribution in [0.4, 0.5) is 4.39 Å². The van der Waals surface area contributed by atoms with Crippen molar-refractivity contribution in [2.24, 2.45) is 0 Å². The van der Waals surface area contributed by atoms with Crippen molar-refractivity contribution < 1.29 is 4.39 Å². The summed E-state index contributed by atoms with van der Waals surface area (Å²) in [7, 11) is 0. The van der Waals surface area contributed by atoms with Crippen LogP contribution in [0.3, 0.4) is 0 Å². The number of rotatable bonds is 5. The Kier molecular flexibility index (Phi) is 4.56. The molecule has 102 valence electrons. The van der Waals surface area contributed by atoms with Crippen LogP contribution in [0, 0.1) is 5.82 Å². The summed E-state index contributed by atoms with van der Waals surface area (Å²) in [4.78, 5) is 0. The Morgan fingerprint density at radius 3 is 2.89 bits per heavy atom. The molecule has 5 heteroatoms. The monoisotopic (exact) mass is 281 g/mol. The Balaban J connectivity index is 2.05. The van der Waals surface area contributed by atoms with Crippen LogP contribution < -0.4 is 5.32 Å². The van der Waals surface area contributed by atoms with Crippen molar-refractivity contribution in [1.29, 1.82) is 0 Å². The molecule has 0 spiro atoms. The predicted molar refractivity (Wildman–Crippen MR) is 74.7 cm³/mol. The van der Waals surface area contributed by atoms with E-state index < -0.39 is 0 Å². The molecule has 19 heavy (non-hydrogen) atoms. The zero-order valence-corrected chi connectivity index (χ0v) is 11.8. The van der Waals surface area contributed by atoms with E-state index in [1.54, 1.807) is 22.9 Å². The number of nitrogens with zero attached hydrogens (tertiary/aromatic N) is 2. The number of hydrogen-bond acceptors (Lipinski definition) is 2. The summed E-state index contributed by atoms with van der Waals surface area (Å²) >= 11 is 5.76. The van der Waals surface area contributed by atoms with Crippen molar-refractivity contribution >= 4 is 11.6 Å². The second kappa shape index (κ2) is 6.17. The number of halogens is 2. The van der Waals surface area contributed by atoms with Gasteiger partial charge in [-0.2, -0.15) is 5.10 Å². The van der Waals surface area contributed by atoms with Crippen molar-refractivity contribution in [3.63, 3.8) is 0 Å². The van der Waals surface area contributed by atoms with Crippen LogP contribution in [0.5, 0.6) is 0 Å². The molecule has 1 aromatic carbocycles. The lowest BCUT2D eigenvalue weighted by Crippen LogP contribution is -2.22. The standard InChI is InChI=1S/C14H17ClFN3/c1-10(2)17-8-12-6-7-19(18-12)9-11-4-3-5-13(15)14(11)16/h3-7,10,17H,8-9H2,1-2H3. The highest BCUT2D eigenvalue weighted by atomic mass is 35.5. The Labute approximate surface area is 117 Å². The lowest BCUT2D eigenvalue weighted by molar-refractivity contribution is 0.561. The molecule has 1 aromatic heterocycles. The van der Waals surface area contributed by atoms with Crippen molar-refractivity contribution in [1.82, 2.24) is 15.1 Å². The van der Waals surface area contributed by atoms with Crippen molar-refractivity contribution in [2.75, 3.05) is 0 Å². The third kappa shape index (κ3) is 3.78. The fourth-order valence-electron chi connectivity index (χ4n) is 1.74.